The van der Waals surface area contributed by atoms with Gasteiger partial charge in [-0.2, -0.15) is 0 Å². The molecule has 0 saturated carbocycles. The molecule has 0 radical (unpaired) electrons. The van der Waals surface area contributed by atoms with E-state index in [0.29, 0.717) is 19.7 Å². The van der Waals surface area contributed by atoms with Crippen LogP contribution in [0.5, 0.6) is 0 Å². The maximum absolute atomic E-state index is 11.6. The average molecular weight is 251 g/mol. The molecule has 0 aliphatic rings. The number of carbonyl (C=O) groups is 1. The normalized spacial score (nSPS) is 11.9. The number of hydrogen-bond donors (Lipinski definition) is 3. The molecule has 0 fully saturated rings. The highest BCUT2D eigenvalue weighted by Gasteiger charge is 2.05. The number of nitrogens with one attached hydrogen (secondary N) is 2. The van der Waals surface area contributed by atoms with Crippen LogP contribution in [0, 0.1) is 0 Å². The van der Waals surface area contributed by atoms with Gasteiger partial charge in [-0.1, -0.05) is 12.1 Å². The van der Waals surface area contributed by atoms with Crippen LogP contribution >= 0.6 is 0 Å². The van der Waals surface area contributed by atoms with Crippen molar-refractivity contribution in [2.75, 3.05) is 18.5 Å². The Balaban J connectivity index is 2.39. The predicted octanol–water partition coefficient (Wildman–Crippen LogP) is 1.69. The predicted molar refractivity (Wildman–Crippen MR) is 72.4 cm³/mol. The zero-order valence-electron chi connectivity index (χ0n) is 10.9. The highest BCUT2D eigenvalue weighted by Crippen LogP contribution is 2.09. The average Bonchev–Trinajstić information content (AvgIpc) is 2.37. The van der Waals surface area contributed by atoms with Crippen molar-refractivity contribution in [1.29, 1.82) is 0 Å². The third-order valence-electron chi connectivity index (χ3n) is 2.42. The van der Waals surface area contributed by atoms with Gasteiger partial charge in [-0.3, -0.25) is 0 Å². The van der Waals surface area contributed by atoms with Gasteiger partial charge in [0.15, 0.2) is 0 Å². The van der Waals surface area contributed by atoms with E-state index in [9.17, 15) is 4.79 Å². The minimum Gasteiger partial charge on any atom is -0.377 e. The number of urea groups is 1. The number of carbonyl (C=O) groups excluding carboxylic acids is 1. The molecule has 1 unspecified atom stereocenters. The molecule has 0 aromatic heterocycles. The molecule has 4 N–H and O–H groups in total. The van der Waals surface area contributed by atoms with Gasteiger partial charge in [-0.25, -0.2) is 4.79 Å². The molecule has 0 aliphatic carbocycles. The largest absolute Gasteiger partial charge is 0.377 e. The molecule has 1 atom stereocenters. The van der Waals surface area contributed by atoms with E-state index in [1.54, 1.807) is 0 Å². The van der Waals surface area contributed by atoms with E-state index in [1.165, 1.54) is 0 Å². The standard InChI is InChI=1S/C13H21N3O2/c1-3-18-10(2)9-15-13(17)16-12-6-4-5-11(7-12)8-14/h4-7,10H,3,8-9,14H2,1-2H3,(H2,15,16,17). The van der Waals surface area contributed by atoms with Crippen LogP contribution in [0.15, 0.2) is 24.3 Å². The van der Waals surface area contributed by atoms with E-state index in [-0.39, 0.29) is 12.1 Å². The maximum atomic E-state index is 11.6. The third-order valence-corrected chi connectivity index (χ3v) is 2.42. The molecule has 0 bridgehead atoms. The molecule has 18 heavy (non-hydrogen) atoms. The lowest BCUT2D eigenvalue weighted by Gasteiger charge is -2.13. The SMILES string of the molecule is CCOC(C)CNC(=O)Nc1cccc(CN)c1. The number of ether oxygens (including phenoxy) is 1. The molecular formula is C13H21N3O2. The topological polar surface area (TPSA) is 76.4 Å². The summed E-state index contributed by atoms with van der Waals surface area (Å²) in [4.78, 5) is 11.6. The van der Waals surface area contributed by atoms with Crippen molar-refractivity contribution in [3.05, 3.63) is 29.8 Å². The van der Waals surface area contributed by atoms with Crippen LogP contribution < -0.4 is 16.4 Å². The van der Waals surface area contributed by atoms with Crippen LogP contribution in [0.1, 0.15) is 19.4 Å². The van der Waals surface area contributed by atoms with Gasteiger partial charge in [0.05, 0.1) is 6.10 Å². The Labute approximate surface area is 108 Å². The molecule has 0 heterocycles. The first-order valence-corrected chi connectivity index (χ1v) is 6.11. The summed E-state index contributed by atoms with van der Waals surface area (Å²) in [6.07, 6.45) is 0.0103. The van der Waals surface area contributed by atoms with Gasteiger partial charge >= 0.3 is 6.03 Å². The molecule has 5 nitrogen and oxygen atoms in total. The molecule has 100 valence electrons. The van der Waals surface area contributed by atoms with Gasteiger partial charge in [-0.05, 0) is 31.5 Å². The van der Waals surface area contributed by atoms with Crippen LogP contribution in [0.2, 0.25) is 0 Å². The van der Waals surface area contributed by atoms with Gasteiger partial charge in [0.1, 0.15) is 0 Å². The summed E-state index contributed by atoms with van der Waals surface area (Å²) < 4.78 is 5.32. The van der Waals surface area contributed by atoms with Gasteiger partial charge in [-0.15, -0.1) is 0 Å². The van der Waals surface area contributed by atoms with Gasteiger partial charge in [0.2, 0.25) is 0 Å². The summed E-state index contributed by atoms with van der Waals surface area (Å²) in [7, 11) is 0. The molecule has 1 rings (SSSR count). The van der Waals surface area contributed by atoms with Crippen molar-refractivity contribution in [2.45, 2.75) is 26.5 Å². The van der Waals surface area contributed by atoms with E-state index in [1.807, 2.05) is 38.1 Å². The van der Waals surface area contributed by atoms with Crippen molar-refractivity contribution in [3.8, 4) is 0 Å². The Morgan fingerprint density at radius 2 is 2.28 bits per heavy atom. The number of amides is 2. The lowest BCUT2D eigenvalue weighted by Crippen LogP contribution is -2.35. The molecule has 1 aromatic rings. The van der Waals surface area contributed by atoms with Crippen molar-refractivity contribution < 1.29 is 9.53 Å². The molecule has 0 saturated heterocycles. The Kier molecular flexibility index (Phi) is 6.18. The third kappa shape index (κ3) is 5.16. The monoisotopic (exact) mass is 251 g/mol. The lowest BCUT2D eigenvalue weighted by atomic mass is 10.2. The second-order valence-electron chi connectivity index (χ2n) is 4.01. The van der Waals surface area contributed by atoms with E-state index in [0.717, 1.165) is 11.3 Å². The number of anilines is 1. The molecule has 2 amide bonds. The molecular weight excluding hydrogens is 230 g/mol. The maximum Gasteiger partial charge on any atom is 0.319 e. The van der Waals surface area contributed by atoms with Crippen LogP contribution in [-0.4, -0.2) is 25.3 Å². The molecule has 5 heteroatoms. The Bertz CT molecular complexity index is 382. The fraction of sp³-hybridized carbons (Fsp3) is 0.462. The number of rotatable bonds is 6. The first-order valence-electron chi connectivity index (χ1n) is 6.11. The zero-order chi connectivity index (χ0) is 13.4. The second-order valence-corrected chi connectivity index (χ2v) is 4.01. The summed E-state index contributed by atoms with van der Waals surface area (Å²) in [6.45, 7) is 5.42. The van der Waals surface area contributed by atoms with Crippen LogP contribution in [0.4, 0.5) is 10.5 Å². The van der Waals surface area contributed by atoms with Crippen molar-refractivity contribution in [3.63, 3.8) is 0 Å². The van der Waals surface area contributed by atoms with E-state index in [2.05, 4.69) is 10.6 Å². The first-order chi connectivity index (χ1) is 8.65. The second kappa shape index (κ2) is 7.68. The first kappa shape index (κ1) is 14.5. The van der Waals surface area contributed by atoms with Gasteiger partial charge < -0.3 is 21.1 Å². The van der Waals surface area contributed by atoms with Crippen molar-refractivity contribution in [1.82, 2.24) is 5.32 Å². The number of benzene rings is 1. The fourth-order valence-corrected chi connectivity index (χ4v) is 1.53. The fourth-order valence-electron chi connectivity index (χ4n) is 1.53. The van der Waals surface area contributed by atoms with Gasteiger partial charge in [0.25, 0.3) is 0 Å². The Hall–Kier alpha value is -1.59. The summed E-state index contributed by atoms with van der Waals surface area (Å²) in [5.74, 6) is 0. The smallest absolute Gasteiger partial charge is 0.319 e. The number of nitrogens with two attached hydrogens (primary N) is 1. The summed E-state index contributed by atoms with van der Waals surface area (Å²) in [5.41, 5.74) is 7.25. The zero-order valence-corrected chi connectivity index (χ0v) is 10.9. The molecule has 1 aromatic carbocycles. The Morgan fingerprint density at radius 1 is 1.50 bits per heavy atom. The lowest BCUT2D eigenvalue weighted by molar-refractivity contribution is 0.0780. The van der Waals surface area contributed by atoms with Crippen LogP contribution in [0.3, 0.4) is 0 Å². The van der Waals surface area contributed by atoms with Crippen LogP contribution in [-0.2, 0) is 11.3 Å². The van der Waals surface area contributed by atoms with Crippen molar-refractivity contribution >= 4 is 11.7 Å². The summed E-state index contributed by atoms with van der Waals surface area (Å²) in [6, 6.07) is 7.22. The highest BCUT2D eigenvalue weighted by molar-refractivity contribution is 5.89. The Morgan fingerprint density at radius 3 is 2.94 bits per heavy atom. The molecule has 0 aliphatic heterocycles. The minimum atomic E-state index is -0.240. The van der Waals surface area contributed by atoms with E-state index in [4.69, 9.17) is 10.5 Å². The van der Waals surface area contributed by atoms with Crippen LogP contribution in [0.25, 0.3) is 0 Å². The summed E-state index contributed by atoms with van der Waals surface area (Å²) in [5, 5.41) is 5.50. The van der Waals surface area contributed by atoms with Crippen molar-refractivity contribution in [2.24, 2.45) is 5.73 Å². The van der Waals surface area contributed by atoms with E-state index >= 15 is 0 Å². The van der Waals surface area contributed by atoms with E-state index < -0.39 is 0 Å². The van der Waals surface area contributed by atoms with Gasteiger partial charge in [0, 0.05) is 25.4 Å². The summed E-state index contributed by atoms with van der Waals surface area (Å²) >= 11 is 0. The molecule has 0 spiro atoms. The quantitative estimate of drug-likeness (QED) is 0.720. The number of hydrogen-bond acceptors (Lipinski definition) is 3. The highest BCUT2D eigenvalue weighted by atomic mass is 16.5. The minimum absolute atomic E-state index is 0.0103.